The van der Waals surface area contributed by atoms with Crippen molar-refractivity contribution in [2.24, 2.45) is 0 Å². The van der Waals surface area contributed by atoms with Gasteiger partial charge in [0.1, 0.15) is 10.7 Å². The van der Waals surface area contributed by atoms with Gasteiger partial charge >= 0.3 is 0 Å². The molecular formula is C18H19N3O3S2. The Hall–Kier alpha value is -2.21. The van der Waals surface area contributed by atoms with Crippen LogP contribution in [0.4, 0.5) is 0 Å². The maximum absolute atomic E-state index is 12.8. The lowest BCUT2D eigenvalue weighted by Gasteiger charge is -2.26. The van der Waals surface area contributed by atoms with Gasteiger partial charge in [0.2, 0.25) is 0 Å². The number of thiophene rings is 1. The van der Waals surface area contributed by atoms with Gasteiger partial charge in [-0.2, -0.15) is 5.26 Å². The number of morpholine rings is 1. The van der Waals surface area contributed by atoms with Crippen LogP contribution in [0.2, 0.25) is 0 Å². The Morgan fingerprint density at radius 2 is 2.15 bits per heavy atom. The zero-order valence-corrected chi connectivity index (χ0v) is 16.3. The van der Waals surface area contributed by atoms with E-state index in [1.165, 1.54) is 15.9 Å². The van der Waals surface area contributed by atoms with Gasteiger partial charge in [-0.05, 0) is 36.9 Å². The molecule has 0 saturated carbocycles. The number of nitrogens with zero attached hydrogens (tertiary/aromatic N) is 3. The van der Waals surface area contributed by atoms with Crippen molar-refractivity contribution in [3.05, 3.63) is 41.4 Å². The standard InChI is InChI=1S/C18H19N3O3S2/c1-3-21-17(23)15(10-14-12(2)4-9-25-14)26-18(21)13(11-19)16(22)20-5-7-24-8-6-20/h4,9-10H,3,5-8H2,1-2H3. The molecule has 0 atom stereocenters. The summed E-state index contributed by atoms with van der Waals surface area (Å²) < 4.78 is 7.74. The van der Waals surface area contributed by atoms with E-state index in [0.29, 0.717) is 42.0 Å². The molecule has 0 N–H and O–H groups in total. The van der Waals surface area contributed by atoms with Gasteiger partial charge < -0.3 is 9.64 Å². The lowest BCUT2D eigenvalue weighted by atomic mass is 10.2. The zero-order chi connectivity index (χ0) is 18.7. The van der Waals surface area contributed by atoms with Gasteiger partial charge in [-0.3, -0.25) is 14.2 Å². The molecule has 6 nitrogen and oxygen atoms in total. The van der Waals surface area contributed by atoms with Crippen molar-refractivity contribution in [3.63, 3.8) is 0 Å². The summed E-state index contributed by atoms with van der Waals surface area (Å²) in [5.41, 5.74) is 0.961. The van der Waals surface area contributed by atoms with Crippen molar-refractivity contribution in [2.45, 2.75) is 20.4 Å². The van der Waals surface area contributed by atoms with Crippen molar-refractivity contribution in [2.75, 3.05) is 26.3 Å². The Balaban J connectivity index is 2.18. The van der Waals surface area contributed by atoms with E-state index in [-0.39, 0.29) is 17.0 Å². The number of hydrogen-bond acceptors (Lipinski definition) is 6. The van der Waals surface area contributed by atoms with Gasteiger partial charge in [-0.1, -0.05) is 0 Å². The number of aromatic nitrogens is 1. The van der Waals surface area contributed by atoms with Crippen LogP contribution >= 0.6 is 22.7 Å². The maximum atomic E-state index is 12.8. The van der Waals surface area contributed by atoms with Crippen LogP contribution in [0.15, 0.2) is 16.2 Å². The fourth-order valence-corrected chi connectivity index (χ4v) is 4.83. The lowest BCUT2D eigenvalue weighted by Crippen LogP contribution is -2.42. The minimum atomic E-state index is -0.335. The number of carbonyl (C=O) groups excluding carboxylic acids is 1. The zero-order valence-electron chi connectivity index (χ0n) is 14.7. The first-order valence-electron chi connectivity index (χ1n) is 8.33. The predicted octanol–water partition coefficient (Wildman–Crippen LogP) is 0.662. The SMILES string of the molecule is CCn1c(=C(C#N)C(=O)N2CCOCC2)sc(=Cc2sccc2C)c1=O. The molecule has 0 radical (unpaired) electrons. The number of ether oxygens (including phenoxy) is 1. The summed E-state index contributed by atoms with van der Waals surface area (Å²) in [5.74, 6) is -0.335. The molecule has 3 rings (SSSR count). The van der Waals surface area contributed by atoms with Crippen molar-refractivity contribution in [3.8, 4) is 6.07 Å². The number of amides is 1. The molecule has 3 heterocycles. The fourth-order valence-electron chi connectivity index (χ4n) is 2.76. The first kappa shape index (κ1) is 18.6. The van der Waals surface area contributed by atoms with E-state index >= 15 is 0 Å². The molecule has 0 bridgehead atoms. The molecule has 8 heteroatoms. The van der Waals surface area contributed by atoms with E-state index in [1.807, 2.05) is 37.4 Å². The average molecular weight is 390 g/mol. The molecule has 1 fully saturated rings. The summed E-state index contributed by atoms with van der Waals surface area (Å²) in [7, 11) is 0. The molecule has 0 aliphatic carbocycles. The molecule has 136 valence electrons. The number of carbonyl (C=O) groups is 1. The molecule has 0 aromatic carbocycles. The first-order valence-corrected chi connectivity index (χ1v) is 10.0. The van der Waals surface area contributed by atoms with E-state index in [9.17, 15) is 14.9 Å². The van der Waals surface area contributed by atoms with Gasteiger partial charge in [0.05, 0.1) is 17.7 Å². The highest BCUT2D eigenvalue weighted by atomic mass is 32.1. The molecule has 0 unspecified atom stereocenters. The number of thiazole rings is 1. The second-order valence-electron chi connectivity index (χ2n) is 5.82. The largest absolute Gasteiger partial charge is 0.378 e. The Labute approximate surface area is 158 Å². The van der Waals surface area contributed by atoms with Crippen LogP contribution in [0.3, 0.4) is 0 Å². The number of hydrogen-bond donors (Lipinski definition) is 0. The Kier molecular flexibility index (Phi) is 5.71. The number of nitriles is 1. The Bertz CT molecular complexity index is 1030. The van der Waals surface area contributed by atoms with Crippen LogP contribution in [0.5, 0.6) is 0 Å². The van der Waals surface area contributed by atoms with E-state index in [4.69, 9.17) is 4.74 Å². The second-order valence-corrected chi connectivity index (χ2v) is 7.80. The van der Waals surface area contributed by atoms with Gasteiger partial charge in [-0.15, -0.1) is 22.7 Å². The topological polar surface area (TPSA) is 75.3 Å². The molecule has 2 aromatic heterocycles. The van der Waals surface area contributed by atoms with Crippen molar-refractivity contribution in [1.29, 1.82) is 5.26 Å². The smallest absolute Gasteiger partial charge is 0.269 e. The number of aryl methyl sites for hydroxylation is 1. The van der Waals surface area contributed by atoms with Gasteiger partial charge in [-0.25, -0.2) is 0 Å². The van der Waals surface area contributed by atoms with Gasteiger partial charge in [0, 0.05) is 24.5 Å². The highest BCUT2D eigenvalue weighted by Crippen LogP contribution is 2.15. The van der Waals surface area contributed by atoms with E-state index in [0.717, 1.165) is 10.4 Å². The third kappa shape index (κ3) is 3.51. The summed E-state index contributed by atoms with van der Waals surface area (Å²) in [4.78, 5) is 28.2. The molecular weight excluding hydrogens is 370 g/mol. The van der Waals surface area contributed by atoms with E-state index in [2.05, 4.69) is 0 Å². The van der Waals surface area contributed by atoms with Crippen molar-refractivity contribution in [1.82, 2.24) is 9.47 Å². The molecule has 26 heavy (non-hydrogen) atoms. The highest BCUT2D eigenvalue weighted by Gasteiger charge is 2.23. The minimum Gasteiger partial charge on any atom is -0.378 e. The maximum Gasteiger partial charge on any atom is 0.269 e. The van der Waals surface area contributed by atoms with Crippen LogP contribution in [0.1, 0.15) is 17.4 Å². The molecule has 1 aliphatic heterocycles. The highest BCUT2D eigenvalue weighted by molar-refractivity contribution is 7.11. The molecule has 2 aromatic rings. The molecule has 0 spiro atoms. The summed E-state index contributed by atoms with van der Waals surface area (Å²) in [6.45, 7) is 6.08. The van der Waals surface area contributed by atoms with Crippen LogP contribution in [-0.4, -0.2) is 41.7 Å². The third-order valence-electron chi connectivity index (χ3n) is 4.23. The summed E-state index contributed by atoms with van der Waals surface area (Å²) in [6, 6.07) is 4.02. The van der Waals surface area contributed by atoms with Crippen LogP contribution in [-0.2, 0) is 16.1 Å². The second kappa shape index (κ2) is 7.99. The van der Waals surface area contributed by atoms with Gasteiger partial charge in [0.25, 0.3) is 11.5 Å². The van der Waals surface area contributed by atoms with Crippen LogP contribution in [0, 0.1) is 18.3 Å². The normalized spacial score (nSPS) is 16.5. The quantitative estimate of drug-likeness (QED) is 0.773. The van der Waals surface area contributed by atoms with E-state index in [1.54, 1.807) is 16.2 Å². The fraction of sp³-hybridized carbons (Fsp3) is 0.389. The Morgan fingerprint density at radius 1 is 1.42 bits per heavy atom. The van der Waals surface area contributed by atoms with Crippen molar-refractivity contribution < 1.29 is 9.53 Å². The first-order chi connectivity index (χ1) is 12.6. The third-order valence-corrected chi connectivity index (χ3v) is 6.32. The summed E-state index contributed by atoms with van der Waals surface area (Å²) in [5, 5.41) is 11.6. The summed E-state index contributed by atoms with van der Waals surface area (Å²) in [6.07, 6.45) is 1.84. The molecule has 1 amide bonds. The van der Waals surface area contributed by atoms with Crippen LogP contribution < -0.4 is 14.8 Å². The molecule has 1 saturated heterocycles. The summed E-state index contributed by atoms with van der Waals surface area (Å²) >= 11 is 2.77. The minimum absolute atomic E-state index is 0.0263. The number of rotatable bonds is 3. The Morgan fingerprint density at radius 3 is 2.73 bits per heavy atom. The van der Waals surface area contributed by atoms with Crippen molar-refractivity contribution >= 4 is 40.2 Å². The van der Waals surface area contributed by atoms with Gasteiger partial charge in [0.15, 0.2) is 5.57 Å². The average Bonchev–Trinajstić information content (AvgIpc) is 3.20. The van der Waals surface area contributed by atoms with E-state index < -0.39 is 0 Å². The van der Waals surface area contributed by atoms with Crippen LogP contribution in [0.25, 0.3) is 11.6 Å². The molecule has 1 aliphatic rings. The lowest BCUT2D eigenvalue weighted by molar-refractivity contribution is -0.128. The monoisotopic (exact) mass is 389 g/mol. The predicted molar refractivity (Wildman–Crippen MR) is 103 cm³/mol.